The molecule has 6 nitrogen and oxygen atoms in total. The summed E-state index contributed by atoms with van der Waals surface area (Å²) in [5.74, 6) is 0.120. The zero-order valence-electron chi connectivity index (χ0n) is 13.9. The fraction of sp³-hybridized carbons (Fsp3) is 0.333. The Kier molecular flexibility index (Phi) is 8.04. The van der Waals surface area contributed by atoms with Gasteiger partial charge in [0.25, 0.3) is 5.56 Å². The maximum absolute atomic E-state index is 12.0. The Bertz CT molecular complexity index is 819. The highest BCUT2D eigenvalue weighted by molar-refractivity contribution is 6.42. The molecular formula is C18H18Cl2N2O4. The molecule has 2 atom stereocenters. The monoisotopic (exact) mass is 396 g/mol. The standard InChI is InChI=1S/C17H18Cl2N2O2.CO2/c18-14-5-4-12(9-15(14)19)17-13(10-20-6-8-23-17)11-21-7-2-1-3-16(21)22;2-1-3/h1-5,7,9,13,17,20H,6,8,10-11H2;/t13-,17-;/m0./s1. The van der Waals surface area contributed by atoms with Crippen LogP contribution in [-0.2, 0) is 20.9 Å². The third-order valence-corrected chi connectivity index (χ3v) is 4.75. The number of benzene rings is 1. The molecule has 26 heavy (non-hydrogen) atoms. The van der Waals surface area contributed by atoms with Crippen molar-refractivity contribution in [1.82, 2.24) is 9.88 Å². The maximum Gasteiger partial charge on any atom is 0.373 e. The van der Waals surface area contributed by atoms with Gasteiger partial charge >= 0.3 is 6.15 Å². The average Bonchev–Trinajstić information content (AvgIpc) is 2.86. The van der Waals surface area contributed by atoms with Crippen LogP contribution in [0.1, 0.15) is 11.7 Å². The average molecular weight is 397 g/mol. The molecule has 2 aromatic rings. The number of pyridine rings is 1. The van der Waals surface area contributed by atoms with Gasteiger partial charge in [-0.25, -0.2) is 0 Å². The van der Waals surface area contributed by atoms with Crippen LogP contribution in [-0.4, -0.2) is 30.4 Å². The highest BCUT2D eigenvalue weighted by atomic mass is 35.5. The van der Waals surface area contributed by atoms with Gasteiger partial charge in [-0.15, -0.1) is 0 Å². The van der Waals surface area contributed by atoms with Crippen LogP contribution in [0.4, 0.5) is 0 Å². The minimum Gasteiger partial charge on any atom is -0.372 e. The molecule has 1 aromatic heterocycles. The molecule has 1 aliphatic rings. The predicted molar refractivity (Wildman–Crippen MR) is 97.2 cm³/mol. The lowest BCUT2D eigenvalue weighted by molar-refractivity contribution is -0.191. The third kappa shape index (κ3) is 5.53. The Morgan fingerprint density at radius 1 is 1.19 bits per heavy atom. The fourth-order valence-corrected chi connectivity index (χ4v) is 3.18. The Morgan fingerprint density at radius 2 is 1.96 bits per heavy atom. The normalized spacial score (nSPS) is 19.6. The summed E-state index contributed by atoms with van der Waals surface area (Å²) in [6.07, 6.45) is 1.92. The van der Waals surface area contributed by atoms with Gasteiger partial charge < -0.3 is 14.6 Å². The minimum atomic E-state index is -0.133. The number of hydrogen-bond donors (Lipinski definition) is 1. The first-order valence-corrected chi connectivity index (χ1v) is 8.74. The molecule has 0 spiro atoms. The molecule has 1 saturated heterocycles. The van der Waals surface area contributed by atoms with Gasteiger partial charge in [0.1, 0.15) is 0 Å². The smallest absolute Gasteiger partial charge is 0.372 e. The van der Waals surface area contributed by atoms with E-state index in [1.807, 2.05) is 18.2 Å². The molecule has 0 radical (unpaired) electrons. The first-order chi connectivity index (χ1) is 12.6. The van der Waals surface area contributed by atoms with Crippen molar-refractivity contribution < 1.29 is 14.3 Å². The molecule has 0 saturated carbocycles. The van der Waals surface area contributed by atoms with Gasteiger partial charge in [0.2, 0.25) is 0 Å². The van der Waals surface area contributed by atoms with Crippen LogP contribution in [0.5, 0.6) is 0 Å². The molecule has 0 unspecified atom stereocenters. The lowest BCUT2D eigenvalue weighted by Crippen LogP contribution is -2.31. The Hall–Kier alpha value is -1.95. The van der Waals surface area contributed by atoms with Crippen molar-refractivity contribution in [2.75, 3.05) is 19.7 Å². The number of carbonyl (C=O) groups excluding carboxylic acids is 2. The van der Waals surface area contributed by atoms with Crippen LogP contribution in [0.25, 0.3) is 0 Å². The number of rotatable bonds is 3. The second kappa shape index (κ2) is 10.3. The molecular weight excluding hydrogens is 379 g/mol. The van der Waals surface area contributed by atoms with E-state index in [4.69, 9.17) is 37.5 Å². The lowest BCUT2D eigenvalue weighted by atomic mass is 9.95. The second-order valence-electron chi connectivity index (χ2n) is 5.70. The number of hydrogen-bond acceptors (Lipinski definition) is 5. The van der Waals surface area contributed by atoms with Gasteiger partial charge in [0.15, 0.2) is 0 Å². The molecule has 8 heteroatoms. The molecule has 1 N–H and O–H groups in total. The van der Waals surface area contributed by atoms with Gasteiger partial charge in [-0.1, -0.05) is 35.3 Å². The topological polar surface area (TPSA) is 77.4 Å². The molecule has 1 aliphatic heterocycles. The summed E-state index contributed by atoms with van der Waals surface area (Å²) in [6, 6.07) is 10.7. The van der Waals surface area contributed by atoms with Crippen molar-refractivity contribution in [3.8, 4) is 0 Å². The second-order valence-corrected chi connectivity index (χ2v) is 6.52. The van der Waals surface area contributed by atoms with Crippen molar-refractivity contribution in [1.29, 1.82) is 0 Å². The SMILES string of the molecule is O=C=O.O=c1ccccn1C[C@@H]1CNCCO[C@H]1c1ccc(Cl)c(Cl)c1. The van der Waals surface area contributed by atoms with Crippen LogP contribution in [0.15, 0.2) is 47.4 Å². The van der Waals surface area contributed by atoms with E-state index in [-0.39, 0.29) is 23.7 Å². The third-order valence-electron chi connectivity index (χ3n) is 4.01. The lowest BCUT2D eigenvalue weighted by Gasteiger charge is -2.26. The molecule has 3 rings (SSSR count). The largest absolute Gasteiger partial charge is 0.373 e. The Balaban J connectivity index is 0.000000758. The Labute approximate surface area is 160 Å². The van der Waals surface area contributed by atoms with Crippen LogP contribution in [0, 0.1) is 5.92 Å². The van der Waals surface area contributed by atoms with Crippen LogP contribution >= 0.6 is 23.2 Å². The zero-order chi connectivity index (χ0) is 18.9. The van der Waals surface area contributed by atoms with Crippen molar-refractivity contribution in [3.05, 3.63) is 68.6 Å². The Morgan fingerprint density at radius 3 is 2.65 bits per heavy atom. The van der Waals surface area contributed by atoms with Gasteiger partial charge in [-0.3, -0.25) is 4.79 Å². The quantitative estimate of drug-likeness (QED) is 0.862. The van der Waals surface area contributed by atoms with Crippen LogP contribution in [0.2, 0.25) is 10.0 Å². The highest BCUT2D eigenvalue weighted by Gasteiger charge is 2.27. The summed E-state index contributed by atoms with van der Waals surface area (Å²) in [5, 5.41) is 4.40. The molecule has 0 bridgehead atoms. The molecule has 1 fully saturated rings. The number of nitrogens with zero attached hydrogens (tertiary/aromatic N) is 1. The summed E-state index contributed by atoms with van der Waals surface area (Å²) < 4.78 is 7.74. The molecule has 0 amide bonds. The van der Waals surface area contributed by atoms with E-state index in [0.717, 1.165) is 18.7 Å². The van der Waals surface area contributed by atoms with E-state index >= 15 is 0 Å². The number of nitrogens with one attached hydrogen (secondary N) is 1. The molecule has 2 heterocycles. The predicted octanol–water partition coefficient (Wildman–Crippen LogP) is 2.55. The summed E-state index contributed by atoms with van der Waals surface area (Å²) in [5.41, 5.74) is 0.974. The van der Waals surface area contributed by atoms with Gasteiger partial charge in [0.05, 0.1) is 22.8 Å². The number of aromatic nitrogens is 1. The minimum absolute atomic E-state index is 0.00960. The van der Waals surface area contributed by atoms with E-state index in [9.17, 15) is 4.79 Å². The van der Waals surface area contributed by atoms with Gasteiger partial charge in [0, 0.05) is 37.8 Å². The van der Waals surface area contributed by atoms with Crippen molar-refractivity contribution in [3.63, 3.8) is 0 Å². The maximum atomic E-state index is 12.0. The van der Waals surface area contributed by atoms with Gasteiger partial charge in [-0.2, -0.15) is 9.59 Å². The molecule has 1 aromatic carbocycles. The van der Waals surface area contributed by atoms with Crippen LogP contribution < -0.4 is 10.9 Å². The summed E-state index contributed by atoms with van der Waals surface area (Å²) >= 11 is 12.2. The molecule has 0 aliphatic carbocycles. The zero-order valence-corrected chi connectivity index (χ0v) is 15.4. The van der Waals surface area contributed by atoms with Crippen molar-refractivity contribution in [2.24, 2.45) is 5.92 Å². The van der Waals surface area contributed by atoms with E-state index in [1.165, 1.54) is 0 Å². The summed E-state index contributed by atoms with van der Waals surface area (Å²) in [7, 11) is 0. The van der Waals surface area contributed by atoms with E-state index in [2.05, 4.69) is 5.32 Å². The van der Waals surface area contributed by atoms with Crippen molar-refractivity contribution >= 4 is 29.4 Å². The number of halogens is 2. The van der Waals surface area contributed by atoms with Gasteiger partial charge in [-0.05, 0) is 23.8 Å². The van der Waals surface area contributed by atoms with Crippen molar-refractivity contribution in [2.45, 2.75) is 12.6 Å². The van der Waals surface area contributed by atoms with E-state index in [1.54, 1.807) is 29.0 Å². The summed E-state index contributed by atoms with van der Waals surface area (Å²) in [6.45, 7) is 2.76. The van der Waals surface area contributed by atoms with Crippen LogP contribution in [0.3, 0.4) is 0 Å². The fourth-order valence-electron chi connectivity index (χ4n) is 2.87. The summed E-state index contributed by atoms with van der Waals surface area (Å²) in [4.78, 5) is 28.2. The first-order valence-electron chi connectivity index (χ1n) is 7.99. The van der Waals surface area contributed by atoms with E-state index in [0.29, 0.717) is 23.2 Å². The highest BCUT2D eigenvalue weighted by Crippen LogP contribution is 2.32. The molecule has 138 valence electrons. The number of ether oxygens (including phenoxy) is 1. The first kappa shape index (κ1) is 20.4. The van der Waals surface area contributed by atoms with E-state index < -0.39 is 0 Å².